The number of hydrogen-bond acceptors (Lipinski definition) is 5. The Bertz CT molecular complexity index is 749. The zero-order chi connectivity index (χ0) is 16.2. The summed E-state index contributed by atoms with van der Waals surface area (Å²) in [6, 6.07) is 11.9. The number of ether oxygens (including phenoxy) is 2. The van der Waals surface area contributed by atoms with Crippen LogP contribution in [0.4, 0.5) is 0 Å². The molecule has 2 aromatic rings. The predicted molar refractivity (Wildman–Crippen MR) is 84.7 cm³/mol. The standard InChI is InChI=1S/C16H13ClN2O4/c17-12-7-14-13(22-9-23-14)6-11(12)8-18-19-16(21)15(20)10-4-2-1-3-5-10/h1-8,15,20H,9H2,(H,19,21)/b18-8-/t15-/m0/s1. The Hall–Kier alpha value is -2.57. The first kappa shape index (κ1) is 15.3. The average molecular weight is 333 g/mol. The Morgan fingerprint density at radius 3 is 2.70 bits per heavy atom. The molecule has 0 saturated heterocycles. The molecule has 0 spiro atoms. The van der Waals surface area contributed by atoms with E-state index in [9.17, 15) is 9.90 Å². The lowest BCUT2D eigenvalue weighted by molar-refractivity contribution is -0.129. The van der Waals surface area contributed by atoms with Crippen molar-refractivity contribution in [3.05, 3.63) is 58.6 Å². The van der Waals surface area contributed by atoms with E-state index in [1.165, 1.54) is 6.21 Å². The first-order valence-electron chi connectivity index (χ1n) is 6.80. The normalized spacial score (nSPS) is 14.0. The van der Waals surface area contributed by atoms with Crippen LogP contribution in [0.15, 0.2) is 47.6 Å². The number of amides is 1. The summed E-state index contributed by atoms with van der Waals surface area (Å²) in [5.41, 5.74) is 3.32. The minimum Gasteiger partial charge on any atom is -0.454 e. The number of benzene rings is 2. The summed E-state index contributed by atoms with van der Waals surface area (Å²) < 4.78 is 10.5. The van der Waals surface area contributed by atoms with E-state index in [0.717, 1.165) is 0 Å². The van der Waals surface area contributed by atoms with Crippen molar-refractivity contribution in [2.45, 2.75) is 6.10 Å². The topological polar surface area (TPSA) is 80.2 Å². The van der Waals surface area contributed by atoms with E-state index in [1.807, 2.05) is 0 Å². The van der Waals surface area contributed by atoms with E-state index in [2.05, 4.69) is 10.5 Å². The van der Waals surface area contributed by atoms with Gasteiger partial charge in [-0.15, -0.1) is 0 Å². The molecule has 7 heteroatoms. The molecule has 0 aromatic heterocycles. The summed E-state index contributed by atoms with van der Waals surface area (Å²) in [6.07, 6.45) is 0.0838. The number of halogens is 1. The Morgan fingerprint density at radius 1 is 1.26 bits per heavy atom. The zero-order valence-electron chi connectivity index (χ0n) is 11.9. The molecule has 0 aliphatic carbocycles. The summed E-state index contributed by atoms with van der Waals surface area (Å²) in [4.78, 5) is 11.9. The summed E-state index contributed by atoms with van der Waals surface area (Å²) in [7, 11) is 0. The zero-order valence-corrected chi connectivity index (χ0v) is 12.7. The van der Waals surface area contributed by atoms with Gasteiger partial charge in [-0.05, 0) is 11.6 Å². The molecule has 3 rings (SSSR count). The predicted octanol–water partition coefficient (Wildman–Crippen LogP) is 2.25. The van der Waals surface area contributed by atoms with Crippen molar-refractivity contribution in [3.8, 4) is 11.5 Å². The van der Waals surface area contributed by atoms with Gasteiger partial charge in [0.25, 0.3) is 5.91 Å². The molecule has 2 N–H and O–H groups in total. The summed E-state index contributed by atoms with van der Waals surface area (Å²) >= 11 is 6.09. The van der Waals surface area contributed by atoms with Crippen molar-refractivity contribution in [1.29, 1.82) is 0 Å². The summed E-state index contributed by atoms with van der Waals surface area (Å²) in [5, 5.41) is 14.1. The number of rotatable bonds is 4. The van der Waals surface area contributed by atoms with Crippen LogP contribution < -0.4 is 14.9 Å². The molecule has 0 unspecified atom stereocenters. The molecule has 1 aliphatic rings. The number of fused-ring (bicyclic) bond motifs is 1. The van der Waals surface area contributed by atoms with Crippen molar-refractivity contribution >= 4 is 23.7 Å². The lowest BCUT2D eigenvalue weighted by atomic mass is 10.1. The highest BCUT2D eigenvalue weighted by Crippen LogP contribution is 2.36. The highest BCUT2D eigenvalue weighted by Gasteiger charge is 2.17. The molecule has 2 aromatic carbocycles. The van der Waals surface area contributed by atoms with Gasteiger partial charge >= 0.3 is 0 Å². The third kappa shape index (κ3) is 3.44. The number of nitrogens with one attached hydrogen (secondary N) is 1. The molecule has 1 heterocycles. The first-order valence-corrected chi connectivity index (χ1v) is 7.18. The molecule has 0 bridgehead atoms. The van der Waals surface area contributed by atoms with Crippen LogP contribution in [0.5, 0.6) is 11.5 Å². The van der Waals surface area contributed by atoms with Crippen molar-refractivity contribution in [3.63, 3.8) is 0 Å². The van der Waals surface area contributed by atoms with E-state index in [0.29, 0.717) is 27.6 Å². The fourth-order valence-electron chi connectivity index (χ4n) is 2.05. The Balaban J connectivity index is 1.66. The fourth-order valence-corrected chi connectivity index (χ4v) is 2.25. The third-order valence-electron chi connectivity index (χ3n) is 3.23. The van der Waals surface area contributed by atoms with Crippen LogP contribution in [0.3, 0.4) is 0 Å². The van der Waals surface area contributed by atoms with Gasteiger partial charge in [-0.2, -0.15) is 5.10 Å². The van der Waals surface area contributed by atoms with Crippen LogP contribution in [0.25, 0.3) is 0 Å². The molecule has 0 fully saturated rings. The Morgan fingerprint density at radius 2 is 1.96 bits per heavy atom. The molecule has 0 radical (unpaired) electrons. The molecule has 1 aliphatic heterocycles. The molecular formula is C16H13ClN2O4. The van der Waals surface area contributed by atoms with Gasteiger partial charge in [0.05, 0.1) is 11.2 Å². The average Bonchev–Trinajstić information content (AvgIpc) is 3.02. The molecule has 23 heavy (non-hydrogen) atoms. The number of carbonyl (C=O) groups is 1. The van der Waals surface area contributed by atoms with Crippen LogP contribution in [-0.4, -0.2) is 24.0 Å². The number of hydrogen-bond donors (Lipinski definition) is 2. The van der Waals surface area contributed by atoms with Gasteiger partial charge in [-0.25, -0.2) is 5.43 Å². The highest BCUT2D eigenvalue weighted by molar-refractivity contribution is 6.33. The molecule has 0 saturated carbocycles. The van der Waals surface area contributed by atoms with Gasteiger partial charge in [-0.1, -0.05) is 41.9 Å². The van der Waals surface area contributed by atoms with E-state index in [-0.39, 0.29) is 6.79 Å². The van der Waals surface area contributed by atoms with E-state index >= 15 is 0 Å². The summed E-state index contributed by atoms with van der Waals surface area (Å²) in [6.45, 7) is 0.145. The van der Waals surface area contributed by atoms with Crippen molar-refractivity contribution in [1.82, 2.24) is 5.43 Å². The largest absolute Gasteiger partial charge is 0.454 e. The van der Waals surface area contributed by atoms with E-state index in [1.54, 1.807) is 42.5 Å². The summed E-state index contributed by atoms with van der Waals surface area (Å²) in [5.74, 6) is 0.492. The minimum absolute atomic E-state index is 0.145. The quantitative estimate of drug-likeness (QED) is 0.665. The van der Waals surface area contributed by atoms with Gasteiger partial charge in [-0.3, -0.25) is 4.79 Å². The maximum absolute atomic E-state index is 11.9. The maximum Gasteiger partial charge on any atom is 0.273 e. The molecule has 1 atom stereocenters. The second-order valence-corrected chi connectivity index (χ2v) is 5.18. The van der Waals surface area contributed by atoms with Gasteiger partial charge in [0.1, 0.15) is 0 Å². The molecule has 6 nitrogen and oxygen atoms in total. The second-order valence-electron chi connectivity index (χ2n) is 4.77. The Labute approximate surface area is 137 Å². The monoisotopic (exact) mass is 332 g/mol. The number of aliphatic hydroxyl groups is 1. The van der Waals surface area contributed by atoms with Crippen LogP contribution in [0, 0.1) is 0 Å². The lowest BCUT2D eigenvalue weighted by Gasteiger charge is -2.08. The van der Waals surface area contributed by atoms with E-state index in [4.69, 9.17) is 21.1 Å². The van der Waals surface area contributed by atoms with Crippen LogP contribution >= 0.6 is 11.6 Å². The second kappa shape index (κ2) is 6.68. The smallest absolute Gasteiger partial charge is 0.273 e. The number of aliphatic hydroxyl groups excluding tert-OH is 1. The fraction of sp³-hybridized carbons (Fsp3) is 0.125. The van der Waals surface area contributed by atoms with Gasteiger partial charge < -0.3 is 14.6 Å². The van der Waals surface area contributed by atoms with Gasteiger partial charge in [0, 0.05) is 11.6 Å². The van der Waals surface area contributed by atoms with E-state index < -0.39 is 12.0 Å². The Kier molecular flexibility index (Phi) is 4.45. The van der Waals surface area contributed by atoms with Crippen LogP contribution in [0.2, 0.25) is 5.02 Å². The third-order valence-corrected chi connectivity index (χ3v) is 3.56. The SMILES string of the molecule is O=C(N/N=C\c1cc2c(cc1Cl)OCO2)[C@@H](O)c1ccccc1. The number of hydrazone groups is 1. The number of nitrogens with zero attached hydrogens (tertiary/aromatic N) is 1. The van der Waals surface area contributed by atoms with Crippen LogP contribution in [0.1, 0.15) is 17.2 Å². The molecule has 1 amide bonds. The molecule has 118 valence electrons. The van der Waals surface area contributed by atoms with Gasteiger partial charge in [0.2, 0.25) is 6.79 Å². The van der Waals surface area contributed by atoms with Crippen molar-refractivity contribution < 1.29 is 19.4 Å². The van der Waals surface area contributed by atoms with Gasteiger partial charge in [0.15, 0.2) is 17.6 Å². The van der Waals surface area contributed by atoms with Crippen molar-refractivity contribution in [2.24, 2.45) is 5.10 Å². The lowest BCUT2D eigenvalue weighted by Crippen LogP contribution is -2.25. The number of carbonyl (C=O) groups excluding carboxylic acids is 1. The van der Waals surface area contributed by atoms with Crippen LogP contribution in [-0.2, 0) is 4.79 Å². The van der Waals surface area contributed by atoms with Crippen molar-refractivity contribution in [2.75, 3.05) is 6.79 Å². The first-order chi connectivity index (χ1) is 11.1. The maximum atomic E-state index is 11.9. The minimum atomic E-state index is -1.29. The highest BCUT2D eigenvalue weighted by atomic mass is 35.5. The molecular weight excluding hydrogens is 320 g/mol.